The molecule has 1 aromatic rings. The number of nitrogen functional groups attached to an aromatic ring is 1. The third-order valence-corrected chi connectivity index (χ3v) is 1.39. The fraction of sp³-hybridized carbons (Fsp3) is 0.500. The van der Waals surface area contributed by atoms with Crippen molar-refractivity contribution in [2.75, 3.05) is 5.73 Å². The largest absolute Gasteiger partial charge is 0.396 e. The van der Waals surface area contributed by atoms with E-state index >= 15 is 0 Å². The average molecular weight is 209 g/mol. The summed E-state index contributed by atoms with van der Waals surface area (Å²) in [5, 5.41) is 0. The number of hydrogen-bond donors (Lipinski definition) is 1. The molecule has 0 fully saturated rings. The Kier molecular flexibility index (Phi) is 11.5. The second kappa shape index (κ2) is 10.7. The van der Waals surface area contributed by atoms with Gasteiger partial charge in [-0.2, -0.15) is 0 Å². The van der Waals surface area contributed by atoms with Crippen LogP contribution in [0.3, 0.4) is 0 Å². The van der Waals surface area contributed by atoms with Crippen LogP contribution in [0.5, 0.6) is 0 Å². The van der Waals surface area contributed by atoms with Crippen molar-refractivity contribution in [2.45, 2.75) is 41.5 Å². The minimum absolute atomic E-state index is 0.628. The lowest BCUT2D eigenvalue weighted by molar-refractivity contribution is 1.26. The van der Waals surface area contributed by atoms with Gasteiger partial charge in [0.1, 0.15) is 0 Å². The summed E-state index contributed by atoms with van der Waals surface area (Å²) in [7, 11) is 0. The molecule has 15 heavy (non-hydrogen) atoms. The Hall–Kier alpha value is -1.38. The zero-order chi connectivity index (χ0) is 12.3. The molecular weight excluding hydrogens is 186 g/mol. The van der Waals surface area contributed by atoms with Gasteiger partial charge in [0.05, 0.1) is 17.6 Å². The molecule has 0 radical (unpaired) electrons. The van der Waals surface area contributed by atoms with Crippen LogP contribution in [-0.2, 0) is 0 Å². The fourth-order valence-electron chi connectivity index (χ4n) is 0.885. The van der Waals surface area contributed by atoms with E-state index in [2.05, 4.69) is 9.98 Å². The van der Waals surface area contributed by atoms with E-state index < -0.39 is 0 Å². The number of pyridine rings is 1. The van der Waals surface area contributed by atoms with Crippen molar-refractivity contribution in [1.29, 1.82) is 0 Å². The molecule has 0 spiro atoms. The van der Waals surface area contributed by atoms with Crippen LogP contribution in [0.4, 0.5) is 11.4 Å². The molecule has 0 atom stereocenters. The van der Waals surface area contributed by atoms with E-state index in [9.17, 15) is 0 Å². The van der Waals surface area contributed by atoms with Crippen molar-refractivity contribution in [2.24, 2.45) is 4.99 Å². The van der Waals surface area contributed by atoms with E-state index in [4.69, 9.17) is 5.73 Å². The molecule has 0 amide bonds. The van der Waals surface area contributed by atoms with Crippen molar-refractivity contribution in [3.8, 4) is 0 Å². The lowest BCUT2D eigenvalue weighted by Gasteiger charge is -2.01. The number of anilines is 1. The lowest BCUT2D eigenvalue weighted by atomic mass is 10.2. The molecule has 1 heterocycles. The Balaban J connectivity index is 0. The standard InChI is InChI=1S/C8H11N3.2C2H6/c1-3-11-8-6(2)4-10-5-7(8)9;2*1-2/h3-5H,9H2,1-2H3;2*1-2H3. The molecule has 1 rings (SSSR count). The minimum Gasteiger partial charge on any atom is -0.396 e. The van der Waals surface area contributed by atoms with Crippen LogP contribution >= 0.6 is 0 Å². The first kappa shape index (κ1) is 16.1. The number of aromatic nitrogens is 1. The third-order valence-electron chi connectivity index (χ3n) is 1.39. The molecule has 1 aromatic heterocycles. The van der Waals surface area contributed by atoms with Crippen molar-refractivity contribution in [3.05, 3.63) is 18.0 Å². The molecule has 0 bridgehead atoms. The van der Waals surface area contributed by atoms with Gasteiger partial charge in [0.2, 0.25) is 0 Å². The van der Waals surface area contributed by atoms with Crippen LogP contribution in [-0.4, -0.2) is 11.2 Å². The summed E-state index contributed by atoms with van der Waals surface area (Å²) in [6, 6.07) is 0. The topological polar surface area (TPSA) is 51.3 Å². The second-order valence-electron chi connectivity index (χ2n) is 2.28. The molecule has 3 heteroatoms. The summed E-state index contributed by atoms with van der Waals surface area (Å²) in [6.07, 6.45) is 5.08. The highest BCUT2D eigenvalue weighted by Gasteiger charge is 1.98. The lowest BCUT2D eigenvalue weighted by Crippen LogP contribution is -1.89. The van der Waals surface area contributed by atoms with Gasteiger partial charge < -0.3 is 5.73 Å². The zero-order valence-electron chi connectivity index (χ0n) is 10.7. The van der Waals surface area contributed by atoms with Crippen LogP contribution in [0.1, 0.15) is 40.2 Å². The molecule has 3 nitrogen and oxygen atoms in total. The smallest absolute Gasteiger partial charge is 0.0915 e. The number of aryl methyl sites for hydroxylation is 1. The van der Waals surface area contributed by atoms with Gasteiger partial charge in [-0.05, 0) is 19.4 Å². The summed E-state index contributed by atoms with van der Waals surface area (Å²) in [4.78, 5) is 8.04. The van der Waals surface area contributed by atoms with E-state index in [0.29, 0.717) is 5.69 Å². The number of aliphatic imine (C=N–C) groups is 1. The Morgan fingerprint density at radius 3 is 2.13 bits per heavy atom. The van der Waals surface area contributed by atoms with E-state index in [-0.39, 0.29) is 0 Å². The molecule has 0 aliphatic heterocycles. The predicted molar refractivity (Wildman–Crippen MR) is 69.9 cm³/mol. The maximum atomic E-state index is 5.63. The molecule has 0 unspecified atom stereocenters. The van der Waals surface area contributed by atoms with Crippen LogP contribution in [0.2, 0.25) is 0 Å². The summed E-state index contributed by atoms with van der Waals surface area (Å²) in [5.41, 5.74) is 8.08. The molecule has 2 N–H and O–H groups in total. The van der Waals surface area contributed by atoms with Crippen molar-refractivity contribution in [3.63, 3.8) is 0 Å². The highest BCUT2D eigenvalue weighted by molar-refractivity contribution is 5.71. The van der Waals surface area contributed by atoms with E-state index in [1.54, 1.807) is 18.6 Å². The summed E-state index contributed by atoms with van der Waals surface area (Å²) in [6.45, 7) is 11.8. The molecule has 0 saturated heterocycles. The van der Waals surface area contributed by atoms with Gasteiger partial charge in [0.25, 0.3) is 0 Å². The van der Waals surface area contributed by atoms with E-state index in [1.807, 2.05) is 41.5 Å². The van der Waals surface area contributed by atoms with Gasteiger partial charge in [0.15, 0.2) is 0 Å². The normalized spacial score (nSPS) is 8.67. The Bertz CT molecular complexity index is 260. The second-order valence-corrected chi connectivity index (χ2v) is 2.28. The van der Waals surface area contributed by atoms with Crippen LogP contribution < -0.4 is 5.73 Å². The zero-order valence-corrected chi connectivity index (χ0v) is 10.7. The van der Waals surface area contributed by atoms with E-state index in [1.165, 1.54) is 0 Å². The Morgan fingerprint density at radius 1 is 1.20 bits per heavy atom. The first-order chi connectivity index (χ1) is 7.25. The van der Waals surface area contributed by atoms with Gasteiger partial charge in [-0.25, -0.2) is 0 Å². The Labute approximate surface area is 93.5 Å². The molecule has 0 aromatic carbocycles. The predicted octanol–water partition coefficient (Wildman–Crippen LogP) is 3.75. The fourth-order valence-corrected chi connectivity index (χ4v) is 0.885. The van der Waals surface area contributed by atoms with Gasteiger partial charge in [-0.15, -0.1) is 0 Å². The maximum absolute atomic E-state index is 5.63. The van der Waals surface area contributed by atoms with Gasteiger partial charge in [-0.1, -0.05) is 27.7 Å². The molecular formula is C12H23N3. The average Bonchev–Trinajstić information content (AvgIpc) is 2.29. The molecule has 0 saturated carbocycles. The van der Waals surface area contributed by atoms with Gasteiger partial charge in [0, 0.05) is 12.4 Å². The quantitative estimate of drug-likeness (QED) is 0.716. The number of nitrogens with zero attached hydrogens (tertiary/aromatic N) is 2. The maximum Gasteiger partial charge on any atom is 0.0915 e. The van der Waals surface area contributed by atoms with E-state index in [0.717, 1.165) is 11.3 Å². The summed E-state index contributed by atoms with van der Waals surface area (Å²) < 4.78 is 0. The van der Waals surface area contributed by atoms with Gasteiger partial charge in [-0.3, -0.25) is 9.98 Å². The SMILES string of the molecule is CC.CC.CC=Nc1c(C)cncc1N. The number of hydrogen-bond acceptors (Lipinski definition) is 3. The van der Waals surface area contributed by atoms with Crippen molar-refractivity contribution < 1.29 is 0 Å². The molecule has 0 aliphatic carbocycles. The first-order valence-electron chi connectivity index (χ1n) is 5.44. The van der Waals surface area contributed by atoms with Crippen molar-refractivity contribution in [1.82, 2.24) is 4.98 Å². The van der Waals surface area contributed by atoms with Crippen LogP contribution in [0.25, 0.3) is 0 Å². The first-order valence-corrected chi connectivity index (χ1v) is 5.44. The number of rotatable bonds is 1. The Morgan fingerprint density at radius 2 is 1.73 bits per heavy atom. The highest BCUT2D eigenvalue weighted by atomic mass is 14.8. The minimum atomic E-state index is 0.628. The number of nitrogens with two attached hydrogens (primary N) is 1. The monoisotopic (exact) mass is 209 g/mol. The van der Waals surface area contributed by atoms with Gasteiger partial charge >= 0.3 is 0 Å². The van der Waals surface area contributed by atoms with Crippen LogP contribution in [0.15, 0.2) is 17.4 Å². The third kappa shape index (κ3) is 5.83. The molecule has 0 aliphatic rings. The van der Waals surface area contributed by atoms with Crippen LogP contribution in [0, 0.1) is 6.92 Å². The molecule has 86 valence electrons. The van der Waals surface area contributed by atoms with Crippen molar-refractivity contribution >= 4 is 17.6 Å². The highest BCUT2D eigenvalue weighted by Crippen LogP contribution is 2.23. The summed E-state index contributed by atoms with van der Waals surface area (Å²) >= 11 is 0. The summed E-state index contributed by atoms with van der Waals surface area (Å²) in [5.74, 6) is 0.